The molecule has 0 unspecified atom stereocenters. The Labute approximate surface area is 138 Å². The second-order valence-corrected chi connectivity index (χ2v) is 5.44. The van der Waals surface area contributed by atoms with Crippen LogP contribution in [0.5, 0.6) is 0 Å². The van der Waals surface area contributed by atoms with Gasteiger partial charge in [0.15, 0.2) is 5.76 Å². The zero-order valence-electron chi connectivity index (χ0n) is 12.2. The Morgan fingerprint density at radius 3 is 2.78 bits per heavy atom. The molecule has 0 spiro atoms. The normalized spacial score (nSPS) is 10.5. The van der Waals surface area contributed by atoms with Gasteiger partial charge in [0.05, 0.1) is 12.1 Å². The van der Waals surface area contributed by atoms with Crippen LogP contribution in [0.1, 0.15) is 11.3 Å². The minimum atomic E-state index is -0.121. The molecule has 0 atom stereocenters. The average molecular weight is 328 g/mol. The number of nitrogens with one attached hydrogen (secondary N) is 1. The van der Waals surface area contributed by atoms with E-state index in [4.69, 9.17) is 16.1 Å². The van der Waals surface area contributed by atoms with E-state index in [0.29, 0.717) is 23.0 Å². The van der Waals surface area contributed by atoms with Gasteiger partial charge in [-0.05, 0) is 35.9 Å². The number of halogens is 1. The summed E-state index contributed by atoms with van der Waals surface area (Å²) in [5, 5.41) is 7.41. The van der Waals surface area contributed by atoms with Crippen LogP contribution in [0, 0.1) is 0 Å². The van der Waals surface area contributed by atoms with Gasteiger partial charge in [-0.1, -0.05) is 22.8 Å². The number of hydrogen-bond donors (Lipinski definition) is 1. The summed E-state index contributed by atoms with van der Waals surface area (Å²) >= 11 is 5.85. The molecular weight excluding hydrogens is 314 g/mol. The number of carbonyl (C=O) groups excluding carboxylic acids is 1. The predicted molar refractivity (Wildman–Crippen MR) is 86.7 cm³/mol. The van der Waals surface area contributed by atoms with E-state index in [0.717, 1.165) is 11.1 Å². The number of hydrogen-bond acceptors (Lipinski definition) is 4. The maximum atomic E-state index is 11.9. The average Bonchev–Trinajstić information content (AvgIpc) is 3.03. The summed E-state index contributed by atoms with van der Waals surface area (Å²) in [4.78, 5) is 15.9. The van der Waals surface area contributed by atoms with E-state index in [2.05, 4.69) is 15.5 Å². The predicted octanol–water partition coefficient (Wildman–Crippen LogP) is 3.25. The highest BCUT2D eigenvalue weighted by Crippen LogP contribution is 2.22. The summed E-state index contributed by atoms with van der Waals surface area (Å²) in [6.45, 7) is 0.439. The second-order valence-electron chi connectivity index (χ2n) is 5.00. The molecule has 1 aromatic carbocycles. The van der Waals surface area contributed by atoms with Crippen LogP contribution in [0.15, 0.2) is 59.4 Å². The van der Waals surface area contributed by atoms with Gasteiger partial charge < -0.3 is 9.84 Å². The summed E-state index contributed by atoms with van der Waals surface area (Å²) in [5.74, 6) is 0.488. The third-order valence-corrected chi connectivity index (χ3v) is 3.49. The first-order valence-corrected chi connectivity index (χ1v) is 7.45. The smallest absolute Gasteiger partial charge is 0.226 e. The lowest BCUT2D eigenvalue weighted by molar-refractivity contribution is -0.120. The molecule has 0 saturated carbocycles. The van der Waals surface area contributed by atoms with Crippen LogP contribution in [0.3, 0.4) is 0 Å². The van der Waals surface area contributed by atoms with Crippen molar-refractivity contribution < 1.29 is 9.32 Å². The van der Waals surface area contributed by atoms with Gasteiger partial charge in [0, 0.05) is 35.6 Å². The molecule has 2 aromatic heterocycles. The molecule has 1 amide bonds. The van der Waals surface area contributed by atoms with Gasteiger partial charge in [0.2, 0.25) is 5.91 Å². The van der Waals surface area contributed by atoms with Crippen molar-refractivity contribution in [1.29, 1.82) is 0 Å². The lowest BCUT2D eigenvalue weighted by Gasteiger charge is -2.02. The monoisotopic (exact) mass is 327 g/mol. The first kappa shape index (κ1) is 15.2. The molecule has 3 aromatic rings. The van der Waals surface area contributed by atoms with Crippen LogP contribution in [0.25, 0.3) is 11.3 Å². The number of rotatable bonds is 5. The molecule has 1 N–H and O–H groups in total. The third kappa shape index (κ3) is 4.17. The Hall–Kier alpha value is -2.66. The summed E-state index contributed by atoms with van der Waals surface area (Å²) < 4.78 is 5.27. The van der Waals surface area contributed by atoms with E-state index in [1.54, 1.807) is 30.6 Å². The van der Waals surface area contributed by atoms with Crippen molar-refractivity contribution in [2.45, 2.75) is 13.0 Å². The fourth-order valence-electron chi connectivity index (χ4n) is 2.08. The molecule has 0 fully saturated rings. The molecule has 0 bridgehead atoms. The Balaban J connectivity index is 1.58. The molecule has 0 aliphatic carbocycles. The minimum absolute atomic E-state index is 0.121. The Morgan fingerprint density at radius 1 is 1.22 bits per heavy atom. The molecule has 23 heavy (non-hydrogen) atoms. The van der Waals surface area contributed by atoms with Gasteiger partial charge in [-0.2, -0.15) is 0 Å². The van der Waals surface area contributed by atoms with Crippen LogP contribution in [0.4, 0.5) is 0 Å². The number of amides is 1. The van der Waals surface area contributed by atoms with Crippen molar-refractivity contribution in [3.63, 3.8) is 0 Å². The highest BCUT2D eigenvalue weighted by molar-refractivity contribution is 6.30. The maximum absolute atomic E-state index is 11.9. The first-order chi connectivity index (χ1) is 11.2. The van der Waals surface area contributed by atoms with Gasteiger partial charge >= 0.3 is 0 Å². The summed E-state index contributed by atoms with van der Waals surface area (Å²) in [6.07, 6.45) is 3.57. The van der Waals surface area contributed by atoms with E-state index in [9.17, 15) is 4.79 Å². The maximum Gasteiger partial charge on any atom is 0.226 e. The molecular formula is C17H14ClN3O2. The third-order valence-electron chi connectivity index (χ3n) is 3.24. The lowest BCUT2D eigenvalue weighted by Crippen LogP contribution is -2.24. The van der Waals surface area contributed by atoms with Crippen LogP contribution in [0.2, 0.25) is 5.02 Å². The fourth-order valence-corrected chi connectivity index (χ4v) is 2.20. The molecule has 0 radical (unpaired) electrons. The van der Waals surface area contributed by atoms with Gasteiger partial charge in [0.25, 0.3) is 0 Å². The zero-order chi connectivity index (χ0) is 16.1. The van der Waals surface area contributed by atoms with E-state index >= 15 is 0 Å². The Morgan fingerprint density at radius 2 is 2.04 bits per heavy atom. The molecule has 2 heterocycles. The lowest BCUT2D eigenvalue weighted by atomic mass is 10.1. The molecule has 3 rings (SSSR count). The highest BCUT2D eigenvalue weighted by Gasteiger charge is 2.10. The molecule has 0 saturated heterocycles. The van der Waals surface area contributed by atoms with E-state index in [1.807, 2.05) is 24.3 Å². The van der Waals surface area contributed by atoms with E-state index in [-0.39, 0.29) is 12.3 Å². The first-order valence-electron chi connectivity index (χ1n) is 7.08. The van der Waals surface area contributed by atoms with Crippen molar-refractivity contribution in [2.24, 2.45) is 0 Å². The van der Waals surface area contributed by atoms with Crippen molar-refractivity contribution in [1.82, 2.24) is 15.5 Å². The number of aromatic nitrogens is 2. The molecule has 116 valence electrons. The number of carbonyl (C=O) groups is 1. The van der Waals surface area contributed by atoms with Crippen molar-refractivity contribution in [3.05, 3.63) is 71.1 Å². The van der Waals surface area contributed by atoms with Gasteiger partial charge in [-0.3, -0.25) is 9.78 Å². The van der Waals surface area contributed by atoms with Crippen LogP contribution >= 0.6 is 11.6 Å². The van der Waals surface area contributed by atoms with Crippen LogP contribution in [-0.2, 0) is 17.8 Å². The van der Waals surface area contributed by atoms with E-state index < -0.39 is 0 Å². The Bertz CT molecular complexity index is 785. The Kier molecular flexibility index (Phi) is 4.68. The van der Waals surface area contributed by atoms with Gasteiger partial charge in [-0.15, -0.1) is 0 Å². The second kappa shape index (κ2) is 7.07. The number of nitrogens with zero attached hydrogens (tertiary/aromatic N) is 2. The number of pyridine rings is 1. The molecule has 0 aliphatic heterocycles. The van der Waals surface area contributed by atoms with Crippen molar-refractivity contribution in [2.75, 3.05) is 0 Å². The van der Waals surface area contributed by atoms with Crippen molar-refractivity contribution >= 4 is 17.5 Å². The molecule has 0 aliphatic rings. The standard InChI is InChI=1S/C17H14ClN3O2/c18-14-5-3-13(4-6-14)16-8-15(21-23-16)9-17(22)20-11-12-2-1-7-19-10-12/h1-8,10H,9,11H2,(H,20,22). The SMILES string of the molecule is O=C(Cc1cc(-c2ccc(Cl)cc2)on1)NCc1cccnc1. The summed E-state index contributed by atoms with van der Waals surface area (Å²) in [7, 11) is 0. The highest BCUT2D eigenvalue weighted by atomic mass is 35.5. The van der Waals surface area contributed by atoms with Gasteiger partial charge in [0.1, 0.15) is 0 Å². The number of benzene rings is 1. The minimum Gasteiger partial charge on any atom is -0.356 e. The van der Waals surface area contributed by atoms with Gasteiger partial charge in [-0.25, -0.2) is 0 Å². The molecule has 5 nitrogen and oxygen atoms in total. The fraction of sp³-hybridized carbons (Fsp3) is 0.118. The molecule has 6 heteroatoms. The summed E-state index contributed by atoms with van der Waals surface area (Å²) in [5.41, 5.74) is 2.39. The van der Waals surface area contributed by atoms with Crippen molar-refractivity contribution in [3.8, 4) is 11.3 Å². The topological polar surface area (TPSA) is 68.0 Å². The quantitative estimate of drug-likeness (QED) is 0.781. The largest absolute Gasteiger partial charge is 0.356 e. The van der Waals surface area contributed by atoms with E-state index in [1.165, 1.54) is 0 Å². The van der Waals surface area contributed by atoms with Crippen LogP contribution < -0.4 is 5.32 Å². The zero-order valence-corrected chi connectivity index (χ0v) is 13.0. The summed E-state index contributed by atoms with van der Waals surface area (Å²) in [6, 6.07) is 12.7. The van der Waals surface area contributed by atoms with Crippen LogP contribution in [-0.4, -0.2) is 16.0 Å².